The second kappa shape index (κ2) is 6.55. The molecule has 0 spiro atoms. The number of methoxy groups -OCH3 is 2. The smallest absolute Gasteiger partial charge is 0.286 e. The summed E-state index contributed by atoms with van der Waals surface area (Å²) in [7, 11) is 2.75. The fourth-order valence-electron chi connectivity index (χ4n) is 1.53. The van der Waals surface area contributed by atoms with Gasteiger partial charge in [0.1, 0.15) is 5.56 Å². The first kappa shape index (κ1) is 15.5. The Balaban J connectivity index is 3.25. The number of hydrogen-bond donors (Lipinski definition) is 1. The zero-order chi connectivity index (χ0) is 15.3. The quantitative estimate of drug-likeness (QED) is 0.488. The fraction of sp³-hybridized carbons (Fsp3) is 0.308. The van der Waals surface area contributed by atoms with Crippen LogP contribution in [0.25, 0.3) is 0 Å². The fourth-order valence-corrected chi connectivity index (χ4v) is 1.53. The van der Waals surface area contributed by atoms with Gasteiger partial charge in [0, 0.05) is 12.6 Å². The number of nitrogens with one attached hydrogen (secondary N) is 1. The van der Waals surface area contributed by atoms with Crippen LogP contribution in [-0.2, 0) is 0 Å². The lowest BCUT2D eigenvalue weighted by Crippen LogP contribution is -2.25. The molecule has 0 aliphatic heterocycles. The summed E-state index contributed by atoms with van der Waals surface area (Å²) in [4.78, 5) is 22.4. The minimum atomic E-state index is -0.641. The lowest BCUT2D eigenvalue weighted by atomic mass is 10.1. The summed E-state index contributed by atoms with van der Waals surface area (Å²) in [5, 5.41) is 13.6. The summed E-state index contributed by atoms with van der Waals surface area (Å²) in [6.07, 6.45) is 0. The Kier molecular flexibility index (Phi) is 5.08. The lowest BCUT2D eigenvalue weighted by molar-refractivity contribution is -0.385. The molecule has 1 rings (SSSR count). The van der Waals surface area contributed by atoms with Crippen LogP contribution in [0.4, 0.5) is 5.69 Å². The number of ether oxygens (including phenoxy) is 2. The minimum absolute atomic E-state index is 0.0890. The zero-order valence-corrected chi connectivity index (χ0v) is 11.6. The maximum absolute atomic E-state index is 12.0. The molecule has 0 saturated heterocycles. The maximum Gasteiger partial charge on any atom is 0.286 e. The summed E-state index contributed by atoms with van der Waals surface area (Å²) >= 11 is 0. The van der Waals surface area contributed by atoms with Crippen molar-refractivity contribution in [2.45, 2.75) is 6.92 Å². The number of benzene rings is 1. The van der Waals surface area contributed by atoms with E-state index in [-0.39, 0.29) is 29.3 Å². The van der Waals surface area contributed by atoms with Gasteiger partial charge in [0.25, 0.3) is 11.6 Å². The molecule has 0 aliphatic rings. The second-order valence-electron chi connectivity index (χ2n) is 4.12. The molecule has 1 aromatic carbocycles. The van der Waals surface area contributed by atoms with Crippen LogP contribution in [0.15, 0.2) is 24.3 Å². The molecule has 0 fully saturated rings. The molecule has 108 valence electrons. The minimum Gasteiger partial charge on any atom is -0.493 e. The molecular weight excluding hydrogens is 264 g/mol. The molecule has 0 bridgehead atoms. The van der Waals surface area contributed by atoms with E-state index >= 15 is 0 Å². The maximum atomic E-state index is 12.0. The van der Waals surface area contributed by atoms with Crippen molar-refractivity contribution in [1.82, 2.24) is 5.32 Å². The average molecular weight is 280 g/mol. The first-order valence-corrected chi connectivity index (χ1v) is 5.73. The number of carbonyl (C=O) groups excluding carboxylic acids is 1. The van der Waals surface area contributed by atoms with Crippen LogP contribution >= 0.6 is 0 Å². The number of nitrogens with zero attached hydrogens (tertiary/aromatic N) is 1. The van der Waals surface area contributed by atoms with Crippen LogP contribution in [0.1, 0.15) is 17.3 Å². The molecule has 1 aromatic rings. The second-order valence-corrected chi connectivity index (χ2v) is 4.12. The molecule has 0 aliphatic carbocycles. The van der Waals surface area contributed by atoms with Gasteiger partial charge < -0.3 is 14.8 Å². The first-order chi connectivity index (χ1) is 9.40. The Bertz CT molecular complexity index is 554. The molecule has 0 radical (unpaired) electrons. The van der Waals surface area contributed by atoms with Gasteiger partial charge in [-0.1, -0.05) is 12.2 Å². The van der Waals surface area contributed by atoms with E-state index in [1.165, 1.54) is 20.3 Å². The highest BCUT2D eigenvalue weighted by atomic mass is 16.6. The van der Waals surface area contributed by atoms with E-state index in [1.807, 2.05) is 0 Å². The van der Waals surface area contributed by atoms with E-state index in [0.29, 0.717) is 0 Å². The highest BCUT2D eigenvalue weighted by Crippen LogP contribution is 2.34. The molecule has 1 amide bonds. The third kappa shape index (κ3) is 3.47. The Labute approximate surface area is 116 Å². The molecule has 0 aromatic heterocycles. The van der Waals surface area contributed by atoms with E-state index in [1.54, 1.807) is 6.92 Å². The Morgan fingerprint density at radius 1 is 1.35 bits per heavy atom. The third-order valence-electron chi connectivity index (χ3n) is 2.49. The highest BCUT2D eigenvalue weighted by Gasteiger charge is 2.24. The average Bonchev–Trinajstić information content (AvgIpc) is 2.42. The molecule has 0 heterocycles. The monoisotopic (exact) mass is 280 g/mol. The Morgan fingerprint density at radius 3 is 2.35 bits per heavy atom. The van der Waals surface area contributed by atoms with E-state index in [2.05, 4.69) is 11.9 Å². The molecule has 7 nitrogen and oxygen atoms in total. The number of rotatable bonds is 6. The van der Waals surface area contributed by atoms with Gasteiger partial charge in [-0.15, -0.1) is 0 Å². The molecule has 0 unspecified atom stereocenters. The van der Waals surface area contributed by atoms with Gasteiger partial charge in [-0.25, -0.2) is 0 Å². The summed E-state index contributed by atoms with van der Waals surface area (Å²) in [5.41, 5.74) is 0.303. The van der Waals surface area contributed by atoms with Crippen molar-refractivity contribution in [3.63, 3.8) is 0 Å². The molecule has 20 heavy (non-hydrogen) atoms. The largest absolute Gasteiger partial charge is 0.493 e. The predicted octanol–water partition coefficient (Wildman–Crippen LogP) is 1.92. The van der Waals surface area contributed by atoms with Crippen molar-refractivity contribution in [3.05, 3.63) is 40.0 Å². The SMILES string of the molecule is C=C(C)CNC(=O)c1cc(OC)c(OC)cc1[N+](=O)[O-]. The summed E-state index contributed by atoms with van der Waals surface area (Å²) in [6.45, 7) is 5.63. The lowest BCUT2D eigenvalue weighted by Gasteiger charge is -2.10. The summed E-state index contributed by atoms with van der Waals surface area (Å²) < 4.78 is 10.0. The van der Waals surface area contributed by atoms with Crippen molar-refractivity contribution < 1.29 is 19.2 Å². The van der Waals surface area contributed by atoms with Crippen LogP contribution < -0.4 is 14.8 Å². The summed E-state index contributed by atoms with van der Waals surface area (Å²) in [6, 6.07) is 2.44. The van der Waals surface area contributed by atoms with Crippen molar-refractivity contribution in [2.75, 3.05) is 20.8 Å². The van der Waals surface area contributed by atoms with Gasteiger partial charge in [0.15, 0.2) is 11.5 Å². The van der Waals surface area contributed by atoms with E-state index < -0.39 is 10.8 Å². The van der Waals surface area contributed by atoms with Gasteiger partial charge in [-0.2, -0.15) is 0 Å². The van der Waals surface area contributed by atoms with E-state index in [4.69, 9.17) is 9.47 Å². The van der Waals surface area contributed by atoms with Crippen LogP contribution in [0, 0.1) is 10.1 Å². The Hall–Kier alpha value is -2.57. The standard InChI is InChI=1S/C13H16N2O5/c1-8(2)7-14-13(16)9-5-11(19-3)12(20-4)6-10(9)15(17)18/h5-6H,1,7H2,2-4H3,(H,14,16). The molecule has 0 saturated carbocycles. The van der Waals surface area contributed by atoms with Gasteiger partial charge in [0.05, 0.1) is 25.2 Å². The van der Waals surface area contributed by atoms with Crippen molar-refractivity contribution in [3.8, 4) is 11.5 Å². The van der Waals surface area contributed by atoms with Crippen LogP contribution in [0.5, 0.6) is 11.5 Å². The third-order valence-corrected chi connectivity index (χ3v) is 2.49. The van der Waals surface area contributed by atoms with Gasteiger partial charge in [0.2, 0.25) is 0 Å². The normalized spacial score (nSPS) is 9.75. The Morgan fingerprint density at radius 2 is 1.90 bits per heavy atom. The molecule has 7 heteroatoms. The number of carbonyl (C=O) groups is 1. The molecule has 0 atom stereocenters. The van der Waals surface area contributed by atoms with Crippen LogP contribution in [-0.4, -0.2) is 31.6 Å². The van der Waals surface area contributed by atoms with Crippen molar-refractivity contribution in [2.24, 2.45) is 0 Å². The van der Waals surface area contributed by atoms with Crippen molar-refractivity contribution >= 4 is 11.6 Å². The van der Waals surface area contributed by atoms with Crippen LogP contribution in [0.3, 0.4) is 0 Å². The topological polar surface area (TPSA) is 90.7 Å². The number of amides is 1. The molecular formula is C13H16N2O5. The summed E-state index contributed by atoms with van der Waals surface area (Å²) in [5.74, 6) is -0.130. The van der Waals surface area contributed by atoms with Crippen molar-refractivity contribution in [1.29, 1.82) is 0 Å². The number of nitro benzene ring substituents is 1. The first-order valence-electron chi connectivity index (χ1n) is 5.73. The van der Waals surface area contributed by atoms with Crippen LogP contribution in [0.2, 0.25) is 0 Å². The number of nitro groups is 1. The van der Waals surface area contributed by atoms with Gasteiger partial charge >= 0.3 is 0 Å². The molecule has 1 N–H and O–H groups in total. The highest BCUT2D eigenvalue weighted by molar-refractivity contribution is 5.99. The number of hydrogen-bond acceptors (Lipinski definition) is 5. The zero-order valence-electron chi connectivity index (χ0n) is 11.6. The predicted molar refractivity (Wildman–Crippen MR) is 73.3 cm³/mol. The van der Waals surface area contributed by atoms with E-state index in [9.17, 15) is 14.9 Å². The van der Waals surface area contributed by atoms with Gasteiger partial charge in [-0.3, -0.25) is 14.9 Å². The van der Waals surface area contributed by atoms with E-state index in [0.717, 1.165) is 11.6 Å². The van der Waals surface area contributed by atoms with Gasteiger partial charge in [-0.05, 0) is 6.92 Å².